The summed E-state index contributed by atoms with van der Waals surface area (Å²) in [5, 5.41) is 12.1. The van der Waals surface area contributed by atoms with Gasteiger partial charge in [-0.05, 0) is 32.6 Å². The quantitative estimate of drug-likeness (QED) is 0.690. The highest BCUT2D eigenvalue weighted by Crippen LogP contribution is 2.38. The molecule has 1 fully saturated rings. The molecule has 0 aliphatic heterocycles. The topological polar surface area (TPSA) is 92.4 Å². The van der Waals surface area contributed by atoms with Gasteiger partial charge in [-0.2, -0.15) is 0 Å². The lowest BCUT2D eigenvalue weighted by atomic mass is 9.84. The zero-order valence-electron chi connectivity index (χ0n) is 11.5. The number of carboxylic acids is 1. The molecule has 0 spiro atoms. The SMILES string of the molecule is CCC(N)(CC)C(=O)NC1CCCC1(C)C(=O)O. The van der Waals surface area contributed by atoms with E-state index < -0.39 is 16.9 Å². The summed E-state index contributed by atoms with van der Waals surface area (Å²) in [6.07, 6.45) is 3.22. The number of nitrogens with two attached hydrogens (primary N) is 1. The van der Waals surface area contributed by atoms with Crippen molar-refractivity contribution in [3.05, 3.63) is 0 Å². The molecule has 1 saturated carbocycles. The third-order valence-electron chi connectivity index (χ3n) is 4.47. The first-order chi connectivity index (χ1) is 8.30. The lowest BCUT2D eigenvalue weighted by Gasteiger charge is -2.32. The first kappa shape index (κ1) is 15.0. The highest BCUT2D eigenvalue weighted by molar-refractivity contribution is 5.87. The first-order valence-corrected chi connectivity index (χ1v) is 6.63. The highest BCUT2D eigenvalue weighted by Gasteiger charge is 2.47. The van der Waals surface area contributed by atoms with Gasteiger partial charge in [0, 0.05) is 6.04 Å². The number of nitrogens with one attached hydrogen (secondary N) is 1. The molecular weight excluding hydrogens is 232 g/mol. The molecule has 0 heterocycles. The summed E-state index contributed by atoms with van der Waals surface area (Å²) in [5.41, 5.74) is 4.27. The van der Waals surface area contributed by atoms with E-state index >= 15 is 0 Å². The van der Waals surface area contributed by atoms with Gasteiger partial charge in [-0.15, -0.1) is 0 Å². The van der Waals surface area contributed by atoms with Crippen LogP contribution < -0.4 is 11.1 Å². The second-order valence-electron chi connectivity index (χ2n) is 5.50. The molecule has 5 nitrogen and oxygen atoms in total. The zero-order chi connectivity index (χ0) is 14.0. The molecule has 1 rings (SSSR count). The Kier molecular flexibility index (Phi) is 4.37. The Balaban J connectivity index is 2.79. The Morgan fingerprint density at radius 2 is 2.00 bits per heavy atom. The average molecular weight is 256 g/mol. The Morgan fingerprint density at radius 3 is 2.44 bits per heavy atom. The molecule has 0 aromatic carbocycles. The molecule has 0 aromatic heterocycles. The van der Waals surface area contributed by atoms with Crippen LogP contribution in [0.1, 0.15) is 52.9 Å². The van der Waals surface area contributed by atoms with Crippen LogP contribution in [0.2, 0.25) is 0 Å². The van der Waals surface area contributed by atoms with Crippen LogP contribution >= 0.6 is 0 Å². The predicted molar refractivity (Wildman–Crippen MR) is 69.0 cm³/mol. The molecule has 0 bridgehead atoms. The summed E-state index contributed by atoms with van der Waals surface area (Å²) in [5.74, 6) is -1.08. The minimum atomic E-state index is -0.887. The monoisotopic (exact) mass is 256 g/mol. The Morgan fingerprint density at radius 1 is 1.44 bits per heavy atom. The lowest BCUT2D eigenvalue weighted by molar-refractivity contribution is -0.149. The molecule has 18 heavy (non-hydrogen) atoms. The molecule has 4 N–H and O–H groups in total. The van der Waals surface area contributed by atoms with E-state index in [0.717, 1.165) is 6.42 Å². The van der Waals surface area contributed by atoms with Crippen LogP contribution in [0.4, 0.5) is 0 Å². The Labute approximate surface area is 108 Å². The molecule has 1 amide bonds. The van der Waals surface area contributed by atoms with Crippen molar-refractivity contribution in [2.24, 2.45) is 11.1 Å². The maximum Gasteiger partial charge on any atom is 0.311 e. The Bertz CT molecular complexity index is 339. The van der Waals surface area contributed by atoms with Crippen LogP contribution in [0, 0.1) is 5.41 Å². The maximum absolute atomic E-state index is 12.2. The Hall–Kier alpha value is -1.10. The summed E-state index contributed by atoms with van der Waals surface area (Å²) >= 11 is 0. The fraction of sp³-hybridized carbons (Fsp3) is 0.846. The van der Waals surface area contributed by atoms with Gasteiger partial charge in [0.1, 0.15) is 0 Å². The van der Waals surface area contributed by atoms with E-state index in [1.807, 2.05) is 13.8 Å². The second kappa shape index (κ2) is 5.26. The van der Waals surface area contributed by atoms with Crippen LogP contribution in [-0.4, -0.2) is 28.6 Å². The van der Waals surface area contributed by atoms with E-state index in [0.29, 0.717) is 25.7 Å². The van der Waals surface area contributed by atoms with E-state index in [-0.39, 0.29) is 11.9 Å². The smallest absolute Gasteiger partial charge is 0.311 e. The number of aliphatic carboxylic acids is 1. The summed E-state index contributed by atoms with van der Waals surface area (Å²) in [6.45, 7) is 5.44. The van der Waals surface area contributed by atoms with Gasteiger partial charge < -0.3 is 16.2 Å². The van der Waals surface area contributed by atoms with Gasteiger partial charge in [0.05, 0.1) is 11.0 Å². The van der Waals surface area contributed by atoms with Crippen molar-refractivity contribution in [3.8, 4) is 0 Å². The van der Waals surface area contributed by atoms with E-state index in [1.165, 1.54) is 0 Å². The third kappa shape index (κ3) is 2.51. The van der Waals surface area contributed by atoms with Gasteiger partial charge in [0.25, 0.3) is 0 Å². The van der Waals surface area contributed by atoms with Crippen molar-refractivity contribution < 1.29 is 14.7 Å². The molecule has 2 atom stereocenters. The van der Waals surface area contributed by atoms with Crippen molar-refractivity contribution in [1.82, 2.24) is 5.32 Å². The molecule has 1 aliphatic rings. The van der Waals surface area contributed by atoms with Gasteiger partial charge in [0.15, 0.2) is 0 Å². The van der Waals surface area contributed by atoms with Gasteiger partial charge in [0.2, 0.25) is 5.91 Å². The number of rotatable bonds is 5. The summed E-state index contributed by atoms with van der Waals surface area (Å²) < 4.78 is 0. The number of carboxylic acid groups (broad SMARTS) is 1. The van der Waals surface area contributed by atoms with Crippen molar-refractivity contribution in [2.75, 3.05) is 0 Å². The second-order valence-corrected chi connectivity index (χ2v) is 5.50. The largest absolute Gasteiger partial charge is 0.481 e. The van der Waals surface area contributed by atoms with Crippen molar-refractivity contribution >= 4 is 11.9 Å². The van der Waals surface area contributed by atoms with Crippen LogP contribution in [0.25, 0.3) is 0 Å². The first-order valence-electron chi connectivity index (χ1n) is 6.63. The van der Waals surface area contributed by atoms with Crippen LogP contribution in [0.15, 0.2) is 0 Å². The number of hydrogen-bond acceptors (Lipinski definition) is 3. The van der Waals surface area contributed by atoms with Crippen LogP contribution in [0.3, 0.4) is 0 Å². The standard InChI is InChI=1S/C13H24N2O3/c1-4-13(14,5-2)10(16)15-9-7-6-8-12(9,3)11(17)18/h9H,4-8,14H2,1-3H3,(H,15,16)(H,17,18). The summed E-state index contributed by atoms with van der Waals surface area (Å²) in [6, 6.07) is -0.316. The summed E-state index contributed by atoms with van der Waals surface area (Å²) in [7, 11) is 0. The van der Waals surface area contributed by atoms with E-state index in [9.17, 15) is 14.7 Å². The van der Waals surface area contributed by atoms with Crippen LogP contribution in [-0.2, 0) is 9.59 Å². The maximum atomic E-state index is 12.2. The molecule has 2 unspecified atom stereocenters. The molecule has 0 saturated heterocycles. The van der Waals surface area contributed by atoms with E-state index in [2.05, 4.69) is 5.32 Å². The van der Waals surface area contributed by atoms with Crippen molar-refractivity contribution in [2.45, 2.75) is 64.5 Å². The predicted octanol–water partition coefficient (Wildman–Crippen LogP) is 1.26. The van der Waals surface area contributed by atoms with Gasteiger partial charge in [-0.3, -0.25) is 9.59 Å². The third-order valence-corrected chi connectivity index (χ3v) is 4.47. The van der Waals surface area contributed by atoms with Gasteiger partial charge in [-0.1, -0.05) is 20.3 Å². The number of carbonyl (C=O) groups is 2. The number of hydrogen-bond donors (Lipinski definition) is 3. The van der Waals surface area contributed by atoms with Crippen molar-refractivity contribution in [1.29, 1.82) is 0 Å². The molecular formula is C13H24N2O3. The molecule has 0 radical (unpaired) electrons. The zero-order valence-corrected chi connectivity index (χ0v) is 11.5. The molecule has 1 aliphatic carbocycles. The fourth-order valence-electron chi connectivity index (χ4n) is 2.53. The van der Waals surface area contributed by atoms with Crippen LogP contribution in [0.5, 0.6) is 0 Å². The minimum Gasteiger partial charge on any atom is -0.481 e. The van der Waals surface area contributed by atoms with Gasteiger partial charge >= 0.3 is 5.97 Å². The highest BCUT2D eigenvalue weighted by atomic mass is 16.4. The normalized spacial score (nSPS) is 28.1. The minimum absolute atomic E-state index is 0.230. The van der Waals surface area contributed by atoms with E-state index in [4.69, 9.17) is 5.73 Å². The number of carbonyl (C=O) groups excluding carboxylic acids is 1. The van der Waals surface area contributed by atoms with Gasteiger partial charge in [-0.25, -0.2) is 0 Å². The fourth-order valence-corrected chi connectivity index (χ4v) is 2.53. The molecule has 5 heteroatoms. The summed E-state index contributed by atoms with van der Waals surface area (Å²) in [4.78, 5) is 23.5. The molecule has 0 aromatic rings. The average Bonchev–Trinajstić information content (AvgIpc) is 2.71. The van der Waals surface area contributed by atoms with Crippen molar-refractivity contribution in [3.63, 3.8) is 0 Å². The lowest BCUT2D eigenvalue weighted by Crippen LogP contribution is -2.58. The van der Waals surface area contributed by atoms with E-state index in [1.54, 1.807) is 6.92 Å². The number of amides is 1. The molecule has 104 valence electrons.